The summed E-state index contributed by atoms with van der Waals surface area (Å²) < 4.78 is 12.7. The number of aromatic nitrogens is 3. The van der Waals surface area contributed by atoms with Gasteiger partial charge in [-0.15, -0.1) is 0 Å². The fourth-order valence-electron chi connectivity index (χ4n) is 3.30. The minimum atomic E-state index is 0.148. The van der Waals surface area contributed by atoms with E-state index < -0.39 is 0 Å². The summed E-state index contributed by atoms with van der Waals surface area (Å²) in [5.74, 6) is 1.17. The molecule has 0 radical (unpaired) electrons. The molecule has 1 aliphatic heterocycles. The van der Waals surface area contributed by atoms with Crippen LogP contribution in [-0.2, 0) is 20.7 Å². The quantitative estimate of drug-likeness (QED) is 0.765. The maximum Gasteiger partial charge on any atom is 0.222 e. The topological polar surface area (TPSA) is 69.5 Å². The summed E-state index contributed by atoms with van der Waals surface area (Å²) in [6, 6.07) is 4.02. The van der Waals surface area contributed by atoms with Crippen LogP contribution in [0.3, 0.4) is 0 Å². The summed E-state index contributed by atoms with van der Waals surface area (Å²) >= 11 is 0. The van der Waals surface area contributed by atoms with Crippen molar-refractivity contribution in [3.8, 4) is 0 Å². The summed E-state index contributed by atoms with van der Waals surface area (Å²) in [7, 11) is 1.70. The normalized spacial score (nSPS) is 16.3. The molecule has 1 amide bonds. The first kappa shape index (κ1) is 17.8. The SMILES string of the molecule is COC[C@H](C)n1c(CCCC(=O)N2CCOCC2)nc2cccnc21. The van der Waals surface area contributed by atoms with E-state index >= 15 is 0 Å². The second-order valence-corrected chi connectivity index (χ2v) is 6.40. The van der Waals surface area contributed by atoms with Gasteiger partial charge in [0.05, 0.1) is 25.9 Å². The molecule has 0 saturated carbocycles. The Morgan fingerprint density at radius 2 is 2.20 bits per heavy atom. The standard InChI is InChI=1S/C18H26N4O3/c1-14(13-24-2)22-16(20-15-5-4-8-19-18(15)22)6-3-7-17(23)21-9-11-25-12-10-21/h4-5,8,14H,3,6-7,9-13H2,1-2H3/t14-/m0/s1. The number of imidazole rings is 1. The number of morpholine rings is 1. The van der Waals surface area contributed by atoms with Crippen LogP contribution in [0.1, 0.15) is 31.6 Å². The number of amides is 1. The third kappa shape index (κ3) is 4.16. The average molecular weight is 346 g/mol. The van der Waals surface area contributed by atoms with Gasteiger partial charge in [-0.05, 0) is 25.5 Å². The minimum Gasteiger partial charge on any atom is -0.383 e. The molecule has 25 heavy (non-hydrogen) atoms. The van der Waals surface area contributed by atoms with E-state index in [1.54, 1.807) is 13.3 Å². The Morgan fingerprint density at radius 3 is 2.96 bits per heavy atom. The summed E-state index contributed by atoms with van der Waals surface area (Å²) in [5, 5.41) is 0. The molecule has 0 spiro atoms. The largest absolute Gasteiger partial charge is 0.383 e. The molecule has 3 rings (SSSR count). The van der Waals surface area contributed by atoms with Gasteiger partial charge in [0.25, 0.3) is 0 Å². The first-order valence-electron chi connectivity index (χ1n) is 8.87. The van der Waals surface area contributed by atoms with Crippen molar-refractivity contribution >= 4 is 17.1 Å². The second-order valence-electron chi connectivity index (χ2n) is 6.40. The Balaban J connectivity index is 1.68. The lowest BCUT2D eigenvalue weighted by atomic mass is 10.2. The lowest BCUT2D eigenvalue weighted by Gasteiger charge is -2.26. The van der Waals surface area contributed by atoms with Gasteiger partial charge in [-0.2, -0.15) is 0 Å². The molecule has 1 atom stereocenters. The fourth-order valence-corrected chi connectivity index (χ4v) is 3.30. The zero-order valence-corrected chi connectivity index (χ0v) is 15.0. The van der Waals surface area contributed by atoms with E-state index in [1.165, 1.54) is 0 Å². The molecular formula is C18H26N4O3. The number of rotatable bonds is 7. The van der Waals surface area contributed by atoms with Gasteiger partial charge in [0, 0.05) is 39.2 Å². The predicted octanol–water partition coefficient (Wildman–Crippen LogP) is 1.82. The van der Waals surface area contributed by atoms with E-state index in [9.17, 15) is 4.79 Å². The number of nitrogens with zero attached hydrogens (tertiary/aromatic N) is 4. The molecule has 3 heterocycles. The number of fused-ring (bicyclic) bond motifs is 1. The van der Waals surface area contributed by atoms with Gasteiger partial charge in [0.2, 0.25) is 5.91 Å². The average Bonchev–Trinajstić information content (AvgIpc) is 3.01. The molecule has 136 valence electrons. The maximum absolute atomic E-state index is 12.3. The van der Waals surface area contributed by atoms with Crippen molar-refractivity contribution in [1.29, 1.82) is 0 Å². The van der Waals surface area contributed by atoms with E-state index in [4.69, 9.17) is 14.5 Å². The second kappa shape index (κ2) is 8.40. The number of hydrogen-bond acceptors (Lipinski definition) is 5. The van der Waals surface area contributed by atoms with Crippen LogP contribution in [0.5, 0.6) is 0 Å². The van der Waals surface area contributed by atoms with Gasteiger partial charge in [-0.1, -0.05) is 0 Å². The van der Waals surface area contributed by atoms with Crippen LogP contribution in [0, 0.1) is 0 Å². The maximum atomic E-state index is 12.3. The predicted molar refractivity (Wildman–Crippen MR) is 94.5 cm³/mol. The molecule has 0 N–H and O–H groups in total. The lowest BCUT2D eigenvalue weighted by molar-refractivity contribution is -0.135. The van der Waals surface area contributed by atoms with Crippen molar-refractivity contribution in [3.63, 3.8) is 0 Å². The highest BCUT2D eigenvalue weighted by Gasteiger charge is 2.19. The highest BCUT2D eigenvalue weighted by molar-refractivity contribution is 5.76. The first-order chi connectivity index (χ1) is 12.2. The van der Waals surface area contributed by atoms with E-state index in [0.717, 1.165) is 29.8 Å². The van der Waals surface area contributed by atoms with Gasteiger partial charge in [0.1, 0.15) is 11.3 Å². The van der Waals surface area contributed by atoms with Crippen LogP contribution in [0.2, 0.25) is 0 Å². The van der Waals surface area contributed by atoms with Gasteiger partial charge < -0.3 is 18.9 Å². The van der Waals surface area contributed by atoms with Crippen LogP contribution in [-0.4, -0.2) is 65.4 Å². The summed E-state index contributed by atoms with van der Waals surface area (Å²) in [4.78, 5) is 23.4. The Morgan fingerprint density at radius 1 is 1.40 bits per heavy atom. The molecular weight excluding hydrogens is 320 g/mol. The molecule has 7 nitrogen and oxygen atoms in total. The lowest BCUT2D eigenvalue weighted by Crippen LogP contribution is -2.40. The number of methoxy groups -OCH3 is 1. The molecule has 1 aliphatic rings. The molecule has 2 aromatic heterocycles. The zero-order chi connectivity index (χ0) is 17.6. The van der Waals surface area contributed by atoms with E-state index in [1.807, 2.05) is 17.0 Å². The van der Waals surface area contributed by atoms with Crippen molar-refractivity contribution in [2.75, 3.05) is 40.0 Å². The van der Waals surface area contributed by atoms with Crippen molar-refractivity contribution in [3.05, 3.63) is 24.2 Å². The third-order valence-corrected chi connectivity index (χ3v) is 4.53. The third-order valence-electron chi connectivity index (χ3n) is 4.53. The molecule has 0 bridgehead atoms. The monoisotopic (exact) mass is 346 g/mol. The number of carbonyl (C=O) groups excluding carboxylic acids is 1. The van der Waals surface area contributed by atoms with Gasteiger partial charge >= 0.3 is 0 Å². The molecule has 0 aromatic carbocycles. The Labute approximate surface area is 147 Å². The number of pyridine rings is 1. The van der Waals surface area contributed by atoms with Crippen molar-refractivity contribution in [1.82, 2.24) is 19.4 Å². The van der Waals surface area contributed by atoms with Gasteiger partial charge in [-0.3, -0.25) is 4.79 Å². The van der Waals surface area contributed by atoms with Crippen LogP contribution in [0.15, 0.2) is 18.3 Å². The molecule has 0 aliphatic carbocycles. The molecule has 1 fully saturated rings. The Hall–Kier alpha value is -1.99. The first-order valence-corrected chi connectivity index (χ1v) is 8.87. The number of carbonyl (C=O) groups is 1. The van der Waals surface area contributed by atoms with Gasteiger partial charge in [0.15, 0.2) is 5.65 Å². The highest BCUT2D eigenvalue weighted by atomic mass is 16.5. The van der Waals surface area contributed by atoms with Crippen molar-refractivity contribution in [2.45, 2.75) is 32.2 Å². The van der Waals surface area contributed by atoms with E-state index in [0.29, 0.717) is 39.3 Å². The summed E-state index contributed by atoms with van der Waals surface area (Å²) in [6.45, 7) is 5.38. The van der Waals surface area contributed by atoms with Crippen molar-refractivity contribution in [2.24, 2.45) is 0 Å². The van der Waals surface area contributed by atoms with Gasteiger partial charge in [-0.25, -0.2) is 9.97 Å². The van der Waals surface area contributed by atoms with Crippen LogP contribution in [0.4, 0.5) is 0 Å². The van der Waals surface area contributed by atoms with E-state index in [2.05, 4.69) is 16.5 Å². The van der Waals surface area contributed by atoms with Crippen LogP contribution >= 0.6 is 0 Å². The smallest absolute Gasteiger partial charge is 0.222 e. The Kier molecular flexibility index (Phi) is 5.99. The molecule has 0 unspecified atom stereocenters. The minimum absolute atomic E-state index is 0.148. The van der Waals surface area contributed by atoms with Crippen LogP contribution < -0.4 is 0 Å². The molecule has 7 heteroatoms. The summed E-state index contributed by atoms with van der Waals surface area (Å²) in [6.07, 6.45) is 3.85. The van der Waals surface area contributed by atoms with Crippen LogP contribution in [0.25, 0.3) is 11.2 Å². The van der Waals surface area contributed by atoms with Crippen molar-refractivity contribution < 1.29 is 14.3 Å². The fraction of sp³-hybridized carbons (Fsp3) is 0.611. The molecule has 1 saturated heterocycles. The highest BCUT2D eigenvalue weighted by Crippen LogP contribution is 2.21. The zero-order valence-electron chi connectivity index (χ0n) is 15.0. The number of hydrogen-bond donors (Lipinski definition) is 0. The number of ether oxygens (including phenoxy) is 2. The van der Waals surface area contributed by atoms with E-state index in [-0.39, 0.29) is 11.9 Å². The summed E-state index contributed by atoms with van der Waals surface area (Å²) in [5.41, 5.74) is 1.77. The number of aryl methyl sites for hydroxylation is 1. The molecule has 2 aromatic rings. The Bertz CT molecular complexity index is 709.